The molecule has 0 aromatic heterocycles. The van der Waals surface area contributed by atoms with Crippen molar-refractivity contribution in [2.75, 3.05) is 19.6 Å². The molecule has 106 valence electrons. The summed E-state index contributed by atoms with van der Waals surface area (Å²) >= 11 is 0. The van der Waals surface area contributed by atoms with Gasteiger partial charge in [0.1, 0.15) is 0 Å². The average molecular weight is 278 g/mol. The summed E-state index contributed by atoms with van der Waals surface area (Å²) in [5.41, 5.74) is 5.31. The standard InChI is InChI=1S/C12H23N3O2.ClH/c13-7-2-6-11(16)14-8-3-9-15-12(17)10-4-1-5-10;/h10H,1-9,13H2,(H,14,16)(H,15,17);1H. The maximum absolute atomic E-state index is 11.5. The molecule has 0 bridgehead atoms. The molecule has 2 amide bonds. The lowest BCUT2D eigenvalue weighted by molar-refractivity contribution is -0.127. The monoisotopic (exact) mass is 277 g/mol. The van der Waals surface area contributed by atoms with Crippen LogP contribution >= 0.6 is 12.4 Å². The van der Waals surface area contributed by atoms with Gasteiger partial charge >= 0.3 is 0 Å². The van der Waals surface area contributed by atoms with E-state index in [2.05, 4.69) is 10.6 Å². The molecule has 4 N–H and O–H groups in total. The maximum Gasteiger partial charge on any atom is 0.223 e. The van der Waals surface area contributed by atoms with Crippen molar-refractivity contribution in [3.63, 3.8) is 0 Å². The Hall–Kier alpha value is -0.810. The lowest BCUT2D eigenvalue weighted by Gasteiger charge is -2.23. The third-order valence-corrected chi connectivity index (χ3v) is 3.06. The number of rotatable bonds is 8. The van der Waals surface area contributed by atoms with E-state index in [1.807, 2.05) is 0 Å². The molecule has 1 saturated carbocycles. The number of halogens is 1. The van der Waals surface area contributed by atoms with Crippen molar-refractivity contribution in [2.24, 2.45) is 11.7 Å². The second-order valence-electron chi connectivity index (χ2n) is 4.51. The van der Waals surface area contributed by atoms with Gasteiger partial charge in [0.25, 0.3) is 0 Å². The Morgan fingerprint density at radius 2 is 1.78 bits per heavy atom. The van der Waals surface area contributed by atoms with Crippen LogP contribution in [0.3, 0.4) is 0 Å². The highest BCUT2D eigenvalue weighted by atomic mass is 35.5. The van der Waals surface area contributed by atoms with Gasteiger partial charge in [-0.05, 0) is 32.2 Å². The maximum atomic E-state index is 11.5. The summed E-state index contributed by atoms with van der Waals surface area (Å²) in [6, 6.07) is 0. The molecular weight excluding hydrogens is 254 g/mol. The van der Waals surface area contributed by atoms with E-state index in [-0.39, 0.29) is 30.1 Å². The van der Waals surface area contributed by atoms with Gasteiger partial charge < -0.3 is 16.4 Å². The first-order chi connectivity index (χ1) is 8.24. The van der Waals surface area contributed by atoms with Gasteiger partial charge in [0.2, 0.25) is 11.8 Å². The van der Waals surface area contributed by atoms with Crippen LogP contribution in [0.2, 0.25) is 0 Å². The molecule has 0 unspecified atom stereocenters. The fourth-order valence-electron chi connectivity index (χ4n) is 1.69. The minimum Gasteiger partial charge on any atom is -0.356 e. The molecule has 0 radical (unpaired) electrons. The fraction of sp³-hybridized carbons (Fsp3) is 0.833. The van der Waals surface area contributed by atoms with Crippen LogP contribution in [0.1, 0.15) is 38.5 Å². The number of hydrogen-bond acceptors (Lipinski definition) is 3. The lowest BCUT2D eigenvalue weighted by atomic mass is 9.85. The van der Waals surface area contributed by atoms with E-state index in [9.17, 15) is 9.59 Å². The van der Waals surface area contributed by atoms with E-state index in [1.54, 1.807) is 0 Å². The zero-order valence-electron chi connectivity index (χ0n) is 10.7. The van der Waals surface area contributed by atoms with Crippen LogP contribution in [0.4, 0.5) is 0 Å². The van der Waals surface area contributed by atoms with Crippen LogP contribution < -0.4 is 16.4 Å². The van der Waals surface area contributed by atoms with Crippen LogP contribution in [-0.4, -0.2) is 31.4 Å². The summed E-state index contributed by atoms with van der Waals surface area (Å²) in [7, 11) is 0. The van der Waals surface area contributed by atoms with Crippen molar-refractivity contribution in [3.05, 3.63) is 0 Å². The number of nitrogens with two attached hydrogens (primary N) is 1. The number of hydrogen-bond donors (Lipinski definition) is 3. The van der Waals surface area contributed by atoms with Crippen LogP contribution in [0.15, 0.2) is 0 Å². The minimum absolute atomic E-state index is 0. The SMILES string of the molecule is Cl.NCCCC(=O)NCCCNC(=O)C1CCC1. The van der Waals surface area contributed by atoms with Crippen molar-refractivity contribution >= 4 is 24.2 Å². The molecule has 18 heavy (non-hydrogen) atoms. The largest absolute Gasteiger partial charge is 0.356 e. The summed E-state index contributed by atoms with van der Waals surface area (Å²) in [6.07, 6.45) is 5.24. The molecular formula is C12H24ClN3O2. The Morgan fingerprint density at radius 1 is 1.11 bits per heavy atom. The molecule has 1 fully saturated rings. The van der Waals surface area contributed by atoms with Crippen molar-refractivity contribution in [3.8, 4) is 0 Å². The van der Waals surface area contributed by atoms with Crippen molar-refractivity contribution in [1.29, 1.82) is 0 Å². The molecule has 1 rings (SSSR count). The Kier molecular flexibility index (Phi) is 9.69. The van der Waals surface area contributed by atoms with Gasteiger partial charge in [0.05, 0.1) is 0 Å². The first-order valence-electron chi connectivity index (χ1n) is 6.48. The average Bonchev–Trinajstić information content (AvgIpc) is 2.23. The van der Waals surface area contributed by atoms with Crippen molar-refractivity contribution in [1.82, 2.24) is 10.6 Å². The molecule has 0 spiro atoms. The topological polar surface area (TPSA) is 84.2 Å². The van der Waals surface area contributed by atoms with E-state index in [4.69, 9.17) is 5.73 Å². The van der Waals surface area contributed by atoms with Gasteiger partial charge in [-0.3, -0.25) is 9.59 Å². The third-order valence-electron chi connectivity index (χ3n) is 3.06. The first-order valence-corrected chi connectivity index (χ1v) is 6.48. The fourth-order valence-corrected chi connectivity index (χ4v) is 1.69. The molecule has 0 aliphatic heterocycles. The molecule has 6 heteroatoms. The highest BCUT2D eigenvalue weighted by Crippen LogP contribution is 2.25. The summed E-state index contributed by atoms with van der Waals surface area (Å²) in [4.78, 5) is 22.7. The highest BCUT2D eigenvalue weighted by molar-refractivity contribution is 5.85. The normalized spacial score (nSPS) is 14.3. The van der Waals surface area contributed by atoms with Gasteiger partial charge in [0.15, 0.2) is 0 Å². The molecule has 1 aliphatic rings. The quantitative estimate of drug-likeness (QED) is 0.567. The number of carbonyl (C=O) groups excluding carboxylic acids is 2. The predicted octanol–water partition coefficient (Wildman–Crippen LogP) is 0.570. The molecule has 0 aromatic carbocycles. The van der Waals surface area contributed by atoms with Crippen LogP contribution in [-0.2, 0) is 9.59 Å². The molecule has 0 atom stereocenters. The van der Waals surface area contributed by atoms with E-state index in [1.165, 1.54) is 6.42 Å². The van der Waals surface area contributed by atoms with Gasteiger partial charge in [0, 0.05) is 25.4 Å². The summed E-state index contributed by atoms with van der Waals surface area (Å²) < 4.78 is 0. The zero-order chi connectivity index (χ0) is 12.5. The number of nitrogens with one attached hydrogen (secondary N) is 2. The highest BCUT2D eigenvalue weighted by Gasteiger charge is 2.24. The third kappa shape index (κ3) is 6.81. The summed E-state index contributed by atoms with van der Waals surface area (Å²) in [6.45, 7) is 1.81. The predicted molar refractivity (Wildman–Crippen MR) is 73.5 cm³/mol. The van der Waals surface area contributed by atoms with Gasteiger partial charge in [-0.25, -0.2) is 0 Å². The van der Waals surface area contributed by atoms with E-state index < -0.39 is 0 Å². The molecule has 1 aliphatic carbocycles. The second-order valence-corrected chi connectivity index (χ2v) is 4.51. The van der Waals surface area contributed by atoms with Gasteiger partial charge in [-0.2, -0.15) is 0 Å². The van der Waals surface area contributed by atoms with E-state index in [0.717, 1.165) is 25.7 Å². The van der Waals surface area contributed by atoms with Crippen molar-refractivity contribution in [2.45, 2.75) is 38.5 Å². The van der Waals surface area contributed by atoms with Crippen LogP contribution in [0.5, 0.6) is 0 Å². The van der Waals surface area contributed by atoms with Gasteiger partial charge in [-0.15, -0.1) is 12.4 Å². The minimum atomic E-state index is 0. The molecule has 0 heterocycles. The smallest absolute Gasteiger partial charge is 0.223 e. The summed E-state index contributed by atoms with van der Waals surface area (Å²) in [5.74, 6) is 0.459. The lowest BCUT2D eigenvalue weighted by Crippen LogP contribution is -2.36. The number of amides is 2. The Morgan fingerprint density at radius 3 is 2.33 bits per heavy atom. The zero-order valence-corrected chi connectivity index (χ0v) is 11.6. The summed E-state index contributed by atoms with van der Waals surface area (Å²) in [5, 5.41) is 5.69. The van der Waals surface area contributed by atoms with E-state index in [0.29, 0.717) is 26.1 Å². The Balaban J connectivity index is 0.00000289. The van der Waals surface area contributed by atoms with Crippen LogP contribution in [0, 0.1) is 5.92 Å². The number of carbonyl (C=O) groups is 2. The Bertz CT molecular complexity index is 258. The molecule has 0 aromatic rings. The molecule has 0 saturated heterocycles. The first kappa shape index (κ1) is 17.2. The Labute approximate surface area is 115 Å². The van der Waals surface area contributed by atoms with E-state index >= 15 is 0 Å². The second kappa shape index (κ2) is 10.1. The van der Waals surface area contributed by atoms with Gasteiger partial charge in [-0.1, -0.05) is 6.42 Å². The van der Waals surface area contributed by atoms with Crippen LogP contribution in [0.25, 0.3) is 0 Å². The molecule has 5 nitrogen and oxygen atoms in total. The van der Waals surface area contributed by atoms with Crippen molar-refractivity contribution < 1.29 is 9.59 Å².